The Labute approximate surface area is 143 Å². The van der Waals surface area contributed by atoms with Crippen LogP contribution in [0.2, 0.25) is 0 Å². The van der Waals surface area contributed by atoms with E-state index in [9.17, 15) is 4.79 Å². The fourth-order valence-corrected chi connectivity index (χ4v) is 3.44. The van der Waals surface area contributed by atoms with Gasteiger partial charge in [0.2, 0.25) is 5.91 Å². The van der Waals surface area contributed by atoms with E-state index in [1.807, 2.05) is 32.0 Å². The van der Waals surface area contributed by atoms with E-state index in [-0.39, 0.29) is 11.9 Å². The summed E-state index contributed by atoms with van der Waals surface area (Å²) in [5.41, 5.74) is 4.11. The highest BCUT2D eigenvalue weighted by Crippen LogP contribution is 2.32. The van der Waals surface area contributed by atoms with Gasteiger partial charge in [0.05, 0.1) is 18.3 Å². The molecule has 0 unspecified atom stereocenters. The number of likely N-dealkylation sites (tertiary alicyclic amines) is 1. The van der Waals surface area contributed by atoms with Crippen molar-refractivity contribution in [1.82, 2.24) is 10.1 Å². The SMILES string of the molecule is CCc1cccc(C)c1NC(=O)CN1CCC[C@H]1c1cc(C)no1. The van der Waals surface area contributed by atoms with Crippen LogP contribution in [-0.2, 0) is 11.2 Å². The van der Waals surface area contributed by atoms with Gasteiger partial charge in [0.25, 0.3) is 0 Å². The van der Waals surface area contributed by atoms with Gasteiger partial charge in [-0.15, -0.1) is 0 Å². The van der Waals surface area contributed by atoms with Gasteiger partial charge in [-0.3, -0.25) is 9.69 Å². The van der Waals surface area contributed by atoms with E-state index in [0.717, 1.165) is 48.5 Å². The first kappa shape index (κ1) is 16.7. The third-order valence-electron chi connectivity index (χ3n) is 4.69. The Balaban J connectivity index is 1.69. The van der Waals surface area contributed by atoms with Crippen molar-refractivity contribution >= 4 is 11.6 Å². The van der Waals surface area contributed by atoms with E-state index >= 15 is 0 Å². The summed E-state index contributed by atoms with van der Waals surface area (Å²) in [4.78, 5) is 14.8. The number of carbonyl (C=O) groups excluding carboxylic acids is 1. The number of hydrogen-bond donors (Lipinski definition) is 1. The molecule has 0 spiro atoms. The maximum absolute atomic E-state index is 12.6. The first-order chi connectivity index (χ1) is 11.6. The molecular weight excluding hydrogens is 302 g/mol. The van der Waals surface area contributed by atoms with E-state index in [1.165, 1.54) is 5.56 Å². The van der Waals surface area contributed by atoms with E-state index in [2.05, 4.69) is 28.4 Å². The van der Waals surface area contributed by atoms with Gasteiger partial charge in [0, 0.05) is 11.8 Å². The number of benzene rings is 1. The summed E-state index contributed by atoms with van der Waals surface area (Å²) in [7, 11) is 0. The van der Waals surface area contributed by atoms with Crippen molar-refractivity contribution in [2.75, 3.05) is 18.4 Å². The number of nitrogens with zero attached hydrogens (tertiary/aromatic N) is 2. The average Bonchev–Trinajstić information content (AvgIpc) is 3.18. The first-order valence-corrected chi connectivity index (χ1v) is 8.64. The number of aromatic nitrogens is 1. The molecule has 1 aromatic carbocycles. The average molecular weight is 327 g/mol. The molecule has 0 saturated carbocycles. The zero-order chi connectivity index (χ0) is 17.1. The summed E-state index contributed by atoms with van der Waals surface area (Å²) in [6.07, 6.45) is 2.98. The molecule has 0 aliphatic carbocycles. The predicted molar refractivity (Wildman–Crippen MR) is 94.0 cm³/mol. The summed E-state index contributed by atoms with van der Waals surface area (Å²) in [6.45, 7) is 7.34. The molecule has 1 N–H and O–H groups in total. The van der Waals surface area contributed by atoms with Crippen LogP contribution in [0.3, 0.4) is 0 Å². The van der Waals surface area contributed by atoms with E-state index in [1.54, 1.807) is 0 Å². The van der Waals surface area contributed by atoms with Gasteiger partial charge >= 0.3 is 0 Å². The molecule has 0 bridgehead atoms. The van der Waals surface area contributed by atoms with Crippen LogP contribution in [0.25, 0.3) is 0 Å². The zero-order valence-electron chi connectivity index (χ0n) is 14.6. The molecule has 1 aliphatic rings. The Hall–Kier alpha value is -2.14. The largest absolute Gasteiger partial charge is 0.359 e. The topological polar surface area (TPSA) is 58.4 Å². The second kappa shape index (κ2) is 7.18. The summed E-state index contributed by atoms with van der Waals surface area (Å²) in [5.74, 6) is 0.894. The lowest BCUT2D eigenvalue weighted by Crippen LogP contribution is -2.33. The zero-order valence-corrected chi connectivity index (χ0v) is 14.6. The number of hydrogen-bond acceptors (Lipinski definition) is 4. The Kier molecular flexibility index (Phi) is 5.00. The second-order valence-electron chi connectivity index (χ2n) is 6.51. The molecule has 2 heterocycles. The molecule has 3 rings (SSSR count). The molecule has 128 valence electrons. The minimum Gasteiger partial charge on any atom is -0.359 e. The lowest BCUT2D eigenvalue weighted by molar-refractivity contribution is -0.117. The maximum Gasteiger partial charge on any atom is 0.238 e. The quantitative estimate of drug-likeness (QED) is 0.911. The highest BCUT2D eigenvalue weighted by Gasteiger charge is 2.30. The molecule has 2 aromatic rings. The van der Waals surface area contributed by atoms with Crippen LogP contribution in [-0.4, -0.2) is 29.1 Å². The molecular formula is C19H25N3O2. The number of nitrogens with one attached hydrogen (secondary N) is 1. The monoisotopic (exact) mass is 327 g/mol. The van der Waals surface area contributed by atoms with Gasteiger partial charge in [-0.05, 0) is 50.8 Å². The summed E-state index contributed by atoms with van der Waals surface area (Å²) in [5, 5.41) is 7.08. The number of aryl methyl sites for hydroxylation is 3. The molecule has 5 heteroatoms. The van der Waals surface area contributed by atoms with Gasteiger partial charge in [0.15, 0.2) is 5.76 Å². The van der Waals surface area contributed by atoms with E-state index in [4.69, 9.17) is 4.52 Å². The van der Waals surface area contributed by atoms with Crippen LogP contribution in [0.4, 0.5) is 5.69 Å². The fourth-order valence-electron chi connectivity index (χ4n) is 3.44. The van der Waals surface area contributed by atoms with Gasteiger partial charge in [0.1, 0.15) is 0 Å². The van der Waals surface area contributed by atoms with Crippen molar-refractivity contribution in [3.8, 4) is 0 Å². The maximum atomic E-state index is 12.6. The molecule has 24 heavy (non-hydrogen) atoms. The molecule has 1 amide bonds. The highest BCUT2D eigenvalue weighted by molar-refractivity contribution is 5.93. The van der Waals surface area contributed by atoms with Crippen molar-refractivity contribution in [2.24, 2.45) is 0 Å². The van der Waals surface area contributed by atoms with Gasteiger partial charge in [-0.1, -0.05) is 30.3 Å². The molecule has 1 fully saturated rings. The number of anilines is 1. The summed E-state index contributed by atoms with van der Waals surface area (Å²) in [6, 6.07) is 8.26. The molecule has 1 atom stereocenters. The molecule has 0 radical (unpaired) electrons. The van der Waals surface area contributed by atoms with E-state index in [0.29, 0.717) is 6.54 Å². The van der Waals surface area contributed by atoms with Crippen LogP contribution < -0.4 is 5.32 Å². The van der Waals surface area contributed by atoms with Crippen LogP contribution in [0.5, 0.6) is 0 Å². The Morgan fingerprint density at radius 1 is 1.42 bits per heavy atom. The van der Waals surface area contributed by atoms with Crippen LogP contribution in [0.15, 0.2) is 28.8 Å². The van der Waals surface area contributed by atoms with Gasteiger partial charge in [-0.25, -0.2) is 0 Å². The van der Waals surface area contributed by atoms with Gasteiger partial charge in [-0.2, -0.15) is 0 Å². The smallest absolute Gasteiger partial charge is 0.238 e. The molecule has 5 nitrogen and oxygen atoms in total. The number of rotatable bonds is 5. The van der Waals surface area contributed by atoms with Crippen LogP contribution in [0, 0.1) is 13.8 Å². The standard InChI is InChI=1S/C19H25N3O2/c1-4-15-8-5-7-13(2)19(15)20-18(23)12-22-10-6-9-16(22)17-11-14(3)21-24-17/h5,7-8,11,16H,4,6,9-10,12H2,1-3H3,(H,20,23)/t16-/m0/s1. The van der Waals surface area contributed by atoms with Gasteiger partial charge < -0.3 is 9.84 Å². The predicted octanol–water partition coefficient (Wildman–Crippen LogP) is 3.63. The summed E-state index contributed by atoms with van der Waals surface area (Å²) < 4.78 is 5.41. The first-order valence-electron chi connectivity index (χ1n) is 8.64. The van der Waals surface area contributed by atoms with Crippen molar-refractivity contribution in [3.05, 3.63) is 46.8 Å². The number of para-hydroxylation sites is 1. The molecule has 1 aliphatic heterocycles. The highest BCUT2D eigenvalue weighted by atomic mass is 16.5. The van der Waals surface area contributed by atoms with Crippen LogP contribution >= 0.6 is 0 Å². The Morgan fingerprint density at radius 2 is 2.25 bits per heavy atom. The third kappa shape index (κ3) is 3.51. The fraction of sp³-hybridized carbons (Fsp3) is 0.474. The molecule has 1 saturated heterocycles. The van der Waals surface area contributed by atoms with E-state index < -0.39 is 0 Å². The number of amides is 1. The third-order valence-corrected chi connectivity index (χ3v) is 4.69. The summed E-state index contributed by atoms with van der Waals surface area (Å²) >= 11 is 0. The Morgan fingerprint density at radius 3 is 2.96 bits per heavy atom. The lowest BCUT2D eigenvalue weighted by atomic mass is 10.1. The van der Waals surface area contributed by atoms with Crippen molar-refractivity contribution in [1.29, 1.82) is 0 Å². The number of carbonyl (C=O) groups is 1. The minimum absolute atomic E-state index is 0.0298. The normalized spacial score (nSPS) is 18.0. The van der Waals surface area contributed by atoms with Crippen molar-refractivity contribution in [2.45, 2.75) is 46.1 Å². The van der Waals surface area contributed by atoms with Crippen LogP contribution in [0.1, 0.15) is 48.4 Å². The Bertz CT molecular complexity index is 723. The lowest BCUT2D eigenvalue weighted by Gasteiger charge is -2.22. The minimum atomic E-state index is 0.0298. The molecule has 1 aromatic heterocycles. The van der Waals surface area contributed by atoms with Crippen molar-refractivity contribution in [3.63, 3.8) is 0 Å². The van der Waals surface area contributed by atoms with Crippen molar-refractivity contribution < 1.29 is 9.32 Å². The second-order valence-corrected chi connectivity index (χ2v) is 6.51.